The van der Waals surface area contributed by atoms with Crippen molar-refractivity contribution in [1.29, 1.82) is 0 Å². The van der Waals surface area contributed by atoms with Gasteiger partial charge in [-0.25, -0.2) is 19.9 Å². The van der Waals surface area contributed by atoms with E-state index in [0.29, 0.717) is 11.1 Å². The highest BCUT2D eigenvalue weighted by molar-refractivity contribution is 6.27. The van der Waals surface area contributed by atoms with Crippen molar-refractivity contribution in [3.05, 3.63) is 84.4 Å². The number of aromatic nitrogens is 4. The Balaban J connectivity index is 1.63. The van der Waals surface area contributed by atoms with Crippen molar-refractivity contribution in [3.63, 3.8) is 0 Å². The number of aliphatic hydroxyl groups excluding tert-OH is 2. The third-order valence-electron chi connectivity index (χ3n) is 6.04. The fraction of sp³-hybridized carbons (Fsp3) is 0.240. The van der Waals surface area contributed by atoms with Crippen molar-refractivity contribution in [1.82, 2.24) is 19.5 Å². The van der Waals surface area contributed by atoms with Crippen LogP contribution in [-0.4, -0.2) is 73.6 Å². The number of methoxy groups -OCH3 is 1. The Bertz CT molecular complexity index is 1330. The maximum absolute atomic E-state index is 13.6. The number of hydrogen-bond acceptors (Lipinski definition) is 9. The minimum atomic E-state index is -1.08. The number of hydrogen-bond donors (Lipinski definition) is 2. The highest BCUT2D eigenvalue weighted by atomic mass is 16.6. The highest BCUT2D eigenvalue weighted by Gasteiger charge is 2.45. The lowest BCUT2D eigenvalue weighted by Crippen LogP contribution is -2.38. The van der Waals surface area contributed by atoms with Gasteiger partial charge in [-0.3, -0.25) is 14.2 Å². The van der Waals surface area contributed by atoms with E-state index in [-0.39, 0.29) is 17.0 Å². The molecular weight excluding hydrogens is 466 g/mol. The van der Waals surface area contributed by atoms with Gasteiger partial charge in [0.05, 0.1) is 12.9 Å². The second-order valence-corrected chi connectivity index (χ2v) is 8.14. The zero-order chi connectivity index (χ0) is 25.2. The number of rotatable bonds is 6. The highest BCUT2D eigenvalue weighted by Crippen LogP contribution is 2.34. The Hall–Kier alpha value is -4.03. The minimum Gasteiger partial charge on any atom is -0.394 e. The largest absolute Gasteiger partial charge is 0.394 e. The van der Waals surface area contributed by atoms with E-state index >= 15 is 0 Å². The van der Waals surface area contributed by atoms with E-state index in [1.54, 1.807) is 60.7 Å². The van der Waals surface area contributed by atoms with Crippen LogP contribution in [0.4, 0.5) is 5.82 Å². The zero-order valence-electron chi connectivity index (χ0n) is 19.2. The Morgan fingerprint density at radius 1 is 1.00 bits per heavy atom. The SMILES string of the molecule is CO[C@H]1C(O)[C@@H](CO)O[C@H]1n1cnc2c(N(C(=O)c3ccccc3)C(=O)c3ccccc3)ncnc21. The first-order valence-electron chi connectivity index (χ1n) is 11.2. The number of fused-ring (bicyclic) bond motifs is 1. The van der Waals surface area contributed by atoms with Crippen molar-refractivity contribution in [2.45, 2.75) is 24.5 Å². The standard InChI is InChI=1S/C25H23N5O6/c1-35-20-19(32)17(12-31)36-25(20)29-14-28-18-21(29)26-13-27-22(18)30(23(33)15-8-4-2-5-9-15)24(34)16-10-6-3-7-11-16/h2-11,13-14,17,19-20,25,31-32H,12H2,1H3/t17-,19?,20+,25-/m1/s1. The van der Waals surface area contributed by atoms with E-state index in [1.807, 2.05) is 0 Å². The summed E-state index contributed by atoms with van der Waals surface area (Å²) < 4.78 is 12.7. The molecule has 0 bridgehead atoms. The molecule has 2 aromatic carbocycles. The van der Waals surface area contributed by atoms with Crippen LogP contribution in [0, 0.1) is 0 Å². The molecule has 1 saturated heterocycles. The average molecular weight is 489 g/mol. The fourth-order valence-corrected chi connectivity index (χ4v) is 4.24. The summed E-state index contributed by atoms with van der Waals surface area (Å²) >= 11 is 0. The van der Waals surface area contributed by atoms with E-state index in [1.165, 1.54) is 24.3 Å². The first-order chi connectivity index (χ1) is 17.5. The molecule has 2 N–H and O–H groups in total. The van der Waals surface area contributed by atoms with Crippen molar-refractivity contribution < 1.29 is 29.3 Å². The minimum absolute atomic E-state index is 0.00678. The van der Waals surface area contributed by atoms with Gasteiger partial charge in [0.25, 0.3) is 11.8 Å². The zero-order valence-corrected chi connectivity index (χ0v) is 19.2. The fourth-order valence-electron chi connectivity index (χ4n) is 4.24. The number of imide groups is 1. The summed E-state index contributed by atoms with van der Waals surface area (Å²) in [5.74, 6) is -1.17. The normalized spacial score (nSPS) is 21.5. The molecule has 3 heterocycles. The number of amides is 2. The van der Waals surface area contributed by atoms with Crippen LogP contribution in [0.15, 0.2) is 73.3 Å². The Morgan fingerprint density at radius 3 is 2.17 bits per heavy atom. The molecular formula is C25H23N5O6. The monoisotopic (exact) mass is 489 g/mol. The van der Waals surface area contributed by atoms with E-state index < -0.39 is 43.0 Å². The summed E-state index contributed by atoms with van der Waals surface area (Å²) in [6, 6.07) is 16.8. The average Bonchev–Trinajstić information content (AvgIpc) is 3.50. The third kappa shape index (κ3) is 4.03. The first kappa shape index (κ1) is 23.7. The van der Waals surface area contributed by atoms with E-state index in [2.05, 4.69) is 15.0 Å². The molecule has 0 radical (unpaired) electrons. The number of anilines is 1. The van der Waals surface area contributed by atoms with Gasteiger partial charge in [0.1, 0.15) is 24.6 Å². The van der Waals surface area contributed by atoms with Crippen molar-refractivity contribution in [2.75, 3.05) is 18.6 Å². The molecule has 36 heavy (non-hydrogen) atoms. The number of carbonyl (C=O) groups excluding carboxylic acids is 2. The molecule has 4 aromatic rings. The second kappa shape index (κ2) is 9.91. The molecule has 0 spiro atoms. The first-order valence-corrected chi connectivity index (χ1v) is 11.2. The number of benzene rings is 2. The van der Waals surface area contributed by atoms with Crippen LogP contribution in [0.1, 0.15) is 26.9 Å². The molecule has 0 aliphatic carbocycles. The Morgan fingerprint density at radius 2 is 1.61 bits per heavy atom. The van der Waals surface area contributed by atoms with E-state index in [9.17, 15) is 19.8 Å². The number of nitrogens with zero attached hydrogens (tertiary/aromatic N) is 5. The molecule has 2 aromatic heterocycles. The van der Waals surface area contributed by atoms with Crippen LogP contribution in [0.5, 0.6) is 0 Å². The van der Waals surface area contributed by atoms with Gasteiger partial charge in [-0.1, -0.05) is 36.4 Å². The lowest BCUT2D eigenvalue weighted by Gasteiger charge is -2.21. The molecule has 184 valence electrons. The molecule has 0 saturated carbocycles. The predicted molar refractivity (Wildman–Crippen MR) is 127 cm³/mol. The van der Waals surface area contributed by atoms with Gasteiger partial charge < -0.3 is 19.7 Å². The number of imidazole rings is 1. The number of aliphatic hydroxyl groups is 2. The summed E-state index contributed by atoms with van der Waals surface area (Å²) in [4.78, 5) is 41.1. The summed E-state index contributed by atoms with van der Waals surface area (Å²) in [5, 5.41) is 20.0. The second-order valence-electron chi connectivity index (χ2n) is 8.14. The predicted octanol–water partition coefficient (Wildman–Crippen LogP) is 1.58. The molecule has 11 nitrogen and oxygen atoms in total. The Labute approximate surface area is 205 Å². The van der Waals surface area contributed by atoms with Gasteiger partial charge in [-0.15, -0.1) is 0 Å². The molecule has 5 rings (SSSR count). The number of ether oxygens (including phenoxy) is 2. The van der Waals surface area contributed by atoms with Crippen LogP contribution >= 0.6 is 0 Å². The van der Waals surface area contributed by atoms with E-state index in [4.69, 9.17) is 9.47 Å². The summed E-state index contributed by atoms with van der Waals surface area (Å²) in [6.45, 7) is -0.407. The van der Waals surface area contributed by atoms with Crippen molar-refractivity contribution in [2.24, 2.45) is 0 Å². The number of carbonyl (C=O) groups is 2. The van der Waals surface area contributed by atoms with Gasteiger partial charge in [0.15, 0.2) is 23.2 Å². The summed E-state index contributed by atoms with van der Waals surface area (Å²) in [6.07, 6.45) is -1.00. The molecule has 11 heteroatoms. The van der Waals surface area contributed by atoms with Gasteiger partial charge in [0.2, 0.25) is 0 Å². The maximum Gasteiger partial charge on any atom is 0.266 e. The van der Waals surface area contributed by atoms with Crippen LogP contribution in [-0.2, 0) is 9.47 Å². The molecule has 1 unspecified atom stereocenters. The van der Waals surface area contributed by atoms with Crippen LogP contribution in [0.2, 0.25) is 0 Å². The summed E-state index contributed by atoms with van der Waals surface area (Å²) in [7, 11) is 1.42. The van der Waals surface area contributed by atoms with Gasteiger partial charge in [-0.05, 0) is 24.3 Å². The van der Waals surface area contributed by atoms with Gasteiger partial charge in [0, 0.05) is 18.2 Å². The maximum atomic E-state index is 13.6. The molecule has 4 atom stereocenters. The third-order valence-corrected chi connectivity index (χ3v) is 6.04. The Kier molecular flexibility index (Phi) is 6.53. The lowest BCUT2D eigenvalue weighted by atomic mass is 10.1. The smallest absolute Gasteiger partial charge is 0.266 e. The van der Waals surface area contributed by atoms with E-state index in [0.717, 1.165) is 4.90 Å². The molecule has 1 aliphatic rings. The quantitative estimate of drug-likeness (QED) is 0.386. The van der Waals surface area contributed by atoms with Crippen LogP contribution in [0.25, 0.3) is 11.2 Å². The van der Waals surface area contributed by atoms with Gasteiger partial charge in [-0.2, -0.15) is 0 Å². The van der Waals surface area contributed by atoms with Crippen molar-refractivity contribution >= 4 is 28.8 Å². The molecule has 1 aliphatic heterocycles. The topological polar surface area (TPSA) is 140 Å². The molecule has 1 fully saturated rings. The van der Waals surface area contributed by atoms with Crippen LogP contribution < -0.4 is 4.90 Å². The van der Waals surface area contributed by atoms with Crippen molar-refractivity contribution in [3.8, 4) is 0 Å². The van der Waals surface area contributed by atoms with Crippen LogP contribution in [0.3, 0.4) is 0 Å². The van der Waals surface area contributed by atoms with Gasteiger partial charge >= 0.3 is 0 Å². The molecule has 2 amide bonds. The lowest BCUT2D eigenvalue weighted by molar-refractivity contribution is -0.0583. The summed E-state index contributed by atoms with van der Waals surface area (Å²) in [5.41, 5.74) is 1.01.